The van der Waals surface area contributed by atoms with Crippen LogP contribution in [0.1, 0.15) is 28.9 Å². The zero-order valence-electron chi connectivity index (χ0n) is 19.7. The summed E-state index contributed by atoms with van der Waals surface area (Å²) >= 11 is 12.1. The van der Waals surface area contributed by atoms with Gasteiger partial charge in [-0.3, -0.25) is 9.48 Å². The number of halogens is 4. The highest BCUT2D eigenvalue weighted by Crippen LogP contribution is 2.33. The molecule has 8 nitrogen and oxygen atoms in total. The van der Waals surface area contributed by atoms with Crippen molar-refractivity contribution in [1.82, 2.24) is 24.5 Å². The number of hydrogen-bond donors (Lipinski definition) is 1. The van der Waals surface area contributed by atoms with Crippen molar-refractivity contribution in [2.75, 3.05) is 5.32 Å². The number of nitrogens with one attached hydrogen (secondary N) is 1. The molecular weight excluding hydrogens is 525 g/mol. The third kappa shape index (κ3) is 5.07. The van der Waals surface area contributed by atoms with Crippen molar-refractivity contribution in [3.05, 3.63) is 81.3 Å². The number of alkyl halides is 2. The van der Waals surface area contributed by atoms with Crippen LogP contribution in [0.15, 0.2) is 53.1 Å². The molecule has 0 aliphatic carbocycles. The highest BCUT2D eigenvalue weighted by atomic mass is 35.5. The number of carbonyl (C=O) groups excluding carboxylic acids is 1. The third-order valence-electron chi connectivity index (χ3n) is 5.77. The van der Waals surface area contributed by atoms with Gasteiger partial charge in [-0.15, -0.1) is 0 Å². The van der Waals surface area contributed by atoms with Crippen LogP contribution in [0.2, 0.25) is 10.0 Å². The molecule has 5 aromatic rings. The quantitative estimate of drug-likeness (QED) is 0.254. The van der Waals surface area contributed by atoms with Gasteiger partial charge in [-0.25, -0.2) is 18.4 Å². The largest absolute Gasteiger partial charge is 0.463 e. The smallest absolute Gasteiger partial charge is 0.264 e. The summed E-state index contributed by atoms with van der Waals surface area (Å²) in [4.78, 5) is 17.4. The molecule has 190 valence electrons. The Bertz CT molecular complexity index is 1610. The van der Waals surface area contributed by atoms with E-state index in [4.69, 9.17) is 27.6 Å². The maximum atomic E-state index is 13.9. The molecule has 1 N–H and O–H groups in total. The monoisotopic (exact) mass is 544 g/mol. The molecule has 0 unspecified atom stereocenters. The van der Waals surface area contributed by atoms with Crippen LogP contribution in [-0.2, 0) is 17.9 Å². The van der Waals surface area contributed by atoms with Gasteiger partial charge in [-0.1, -0.05) is 29.3 Å². The fraction of sp³-hybridized carbons (Fsp3) is 0.200. The van der Waals surface area contributed by atoms with Gasteiger partial charge in [0.05, 0.1) is 33.9 Å². The van der Waals surface area contributed by atoms with Gasteiger partial charge in [0, 0.05) is 17.3 Å². The standard InChI is InChI=1S/C25H20Cl2F2N6O2/c1-13-8-21(33-34(13)11-15-5-6-17(26)18(27)9-15)31-22(36)12-35-25-23(14(2)32-35)16(24(28)29)10-19(30-25)20-4-3-7-37-20/h3-10,24H,11-12H2,1-2H3,(H,31,33,36). The van der Waals surface area contributed by atoms with Crippen molar-refractivity contribution in [2.24, 2.45) is 0 Å². The van der Waals surface area contributed by atoms with E-state index in [1.165, 1.54) is 17.0 Å². The highest BCUT2D eigenvalue weighted by Gasteiger charge is 2.23. The lowest BCUT2D eigenvalue weighted by Gasteiger charge is -2.08. The molecule has 5 rings (SSSR count). The summed E-state index contributed by atoms with van der Waals surface area (Å²) < 4.78 is 36.2. The van der Waals surface area contributed by atoms with Gasteiger partial charge in [0.25, 0.3) is 6.43 Å². The second-order valence-corrected chi connectivity index (χ2v) is 9.26. The number of benzene rings is 1. The molecule has 4 aromatic heterocycles. The number of rotatable bonds is 7. The molecule has 0 radical (unpaired) electrons. The summed E-state index contributed by atoms with van der Waals surface area (Å²) in [7, 11) is 0. The molecule has 0 aliphatic heterocycles. The Balaban J connectivity index is 1.39. The van der Waals surface area contributed by atoms with Crippen molar-refractivity contribution < 1.29 is 18.0 Å². The average Bonchev–Trinajstić information content (AvgIpc) is 3.56. The molecule has 0 saturated carbocycles. The minimum atomic E-state index is -2.76. The van der Waals surface area contributed by atoms with E-state index in [2.05, 4.69) is 20.5 Å². The molecule has 1 amide bonds. The van der Waals surface area contributed by atoms with Gasteiger partial charge in [0.15, 0.2) is 17.2 Å². The van der Waals surface area contributed by atoms with E-state index < -0.39 is 12.3 Å². The number of carbonyl (C=O) groups is 1. The maximum Gasteiger partial charge on any atom is 0.264 e. The molecule has 0 aliphatic rings. The number of hydrogen-bond acceptors (Lipinski definition) is 5. The molecule has 0 atom stereocenters. The Morgan fingerprint density at radius 1 is 1.08 bits per heavy atom. The molecule has 0 bridgehead atoms. The van der Waals surface area contributed by atoms with Crippen LogP contribution in [0.25, 0.3) is 22.5 Å². The van der Waals surface area contributed by atoms with Gasteiger partial charge in [-0.2, -0.15) is 10.2 Å². The van der Waals surface area contributed by atoms with Crippen LogP contribution in [0, 0.1) is 13.8 Å². The van der Waals surface area contributed by atoms with E-state index in [1.807, 2.05) is 13.0 Å². The molecule has 12 heteroatoms. The molecular formula is C25H20Cl2F2N6O2. The first-order chi connectivity index (χ1) is 17.7. The van der Waals surface area contributed by atoms with Crippen molar-refractivity contribution in [1.29, 1.82) is 0 Å². The van der Waals surface area contributed by atoms with Crippen molar-refractivity contribution in [3.8, 4) is 11.5 Å². The van der Waals surface area contributed by atoms with E-state index in [1.54, 1.807) is 41.9 Å². The predicted octanol–water partition coefficient (Wildman–Crippen LogP) is 6.44. The van der Waals surface area contributed by atoms with Gasteiger partial charge < -0.3 is 9.73 Å². The van der Waals surface area contributed by atoms with Crippen molar-refractivity contribution in [3.63, 3.8) is 0 Å². The molecule has 0 fully saturated rings. The normalized spacial score (nSPS) is 11.5. The fourth-order valence-electron chi connectivity index (χ4n) is 4.08. The lowest BCUT2D eigenvalue weighted by atomic mass is 10.1. The van der Waals surface area contributed by atoms with Gasteiger partial charge in [0.2, 0.25) is 5.91 Å². The second-order valence-electron chi connectivity index (χ2n) is 8.44. The zero-order valence-corrected chi connectivity index (χ0v) is 21.2. The Morgan fingerprint density at radius 2 is 1.89 bits per heavy atom. The van der Waals surface area contributed by atoms with Gasteiger partial charge >= 0.3 is 0 Å². The predicted molar refractivity (Wildman–Crippen MR) is 136 cm³/mol. The summed E-state index contributed by atoms with van der Waals surface area (Å²) in [5.74, 6) is 0.238. The number of aryl methyl sites for hydroxylation is 2. The minimum Gasteiger partial charge on any atom is -0.463 e. The molecule has 4 heterocycles. The van der Waals surface area contributed by atoms with Crippen LogP contribution in [0.4, 0.5) is 14.6 Å². The number of anilines is 1. The third-order valence-corrected chi connectivity index (χ3v) is 6.51. The average molecular weight is 545 g/mol. The maximum absolute atomic E-state index is 13.9. The molecule has 1 aromatic carbocycles. The SMILES string of the molecule is Cc1nn(CC(=O)Nc2cc(C)n(Cc3ccc(Cl)c(Cl)c3)n2)c2nc(-c3ccco3)cc(C(F)F)c12. The summed E-state index contributed by atoms with van der Waals surface area (Å²) in [5, 5.41) is 12.6. The number of amides is 1. The van der Waals surface area contributed by atoms with E-state index in [-0.39, 0.29) is 28.8 Å². The topological polar surface area (TPSA) is 90.8 Å². The molecule has 0 spiro atoms. The van der Waals surface area contributed by atoms with Crippen molar-refractivity contribution >= 4 is 46.0 Å². The minimum absolute atomic E-state index is 0.165. The Kier molecular flexibility index (Phi) is 6.70. The summed E-state index contributed by atoms with van der Waals surface area (Å²) in [6.45, 7) is 3.64. The van der Waals surface area contributed by atoms with E-state index in [0.717, 1.165) is 11.3 Å². The first-order valence-corrected chi connectivity index (χ1v) is 11.9. The Morgan fingerprint density at radius 3 is 2.59 bits per heavy atom. The first-order valence-electron chi connectivity index (χ1n) is 11.2. The van der Waals surface area contributed by atoms with Crippen LogP contribution < -0.4 is 5.32 Å². The lowest BCUT2D eigenvalue weighted by molar-refractivity contribution is -0.116. The zero-order chi connectivity index (χ0) is 26.3. The first kappa shape index (κ1) is 24.9. The number of fused-ring (bicyclic) bond motifs is 1. The Hall–Kier alpha value is -3.76. The fourth-order valence-corrected chi connectivity index (χ4v) is 4.40. The summed E-state index contributed by atoms with van der Waals surface area (Å²) in [6, 6.07) is 11.6. The van der Waals surface area contributed by atoms with Crippen LogP contribution in [-0.4, -0.2) is 30.5 Å². The summed E-state index contributed by atoms with van der Waals surface area (Å²) in [6.07, 6.45) is -1.33. The molecule has 0 saturated heterocycles. The summed E-state index contributed by atoms with van der Waals surface area (Å²) in [5.41, 5.74) is 2.22. The van der Waals surface area contributed by atoms with E-state index in [9.17, 15) is 13.6 Å². The number of pyridine rings is 1. The van der Waals surface area contributed by atoms with Crippen LogP contribution in [0.3, 0.4) is 0 Å². The number of nitrogens with zero attached hydrogens (tertiary/aromatic N) is 5. The second kappa shape index (κ2) is 9.95. The van der Waals surface area contributed by atoms with Crippen LogP contribution in [0.5, 0.6) is 0 Å². The highest BCUT2D eigenvalue weighted by molar-refractivity contribution is 6.42. The number of aromatic nitrogens is 5. The number of furan rings is 1. The van der Waals surface area contributed by atoms with Gasteiger partial charge in [-0.05, 0) is 49.7 Å². The van der Waals surface area contributed by atoms with Crippen LogP contribution >= 0.6 is 23.2 Å². The lowest BCUT2D eigenvalue weighted by Crippen LogP contribution is -2.20. The Labute approximate surface area is 219 Å². The van der Waals surface area contributed by atoms with Gasteiger partial charge in [0.1, 0.15) is 12.2 Å². The molecule has 37 heavy (non-hydrogen) atoms. The van der Waals surface area contributed by atoms with E-state index >= 15 is 0 Å². The van der Waals surface area contributed by atoms with E-state index in [0.29, 0.717) is 33.9 Å². The van der Waals surface area contributed by atoms with Crippen molar-refractivity contribution in [2.45, 2.75) is 33.4 Å².